The Morgan fingerprint density at radius 1 is 1.04 bits per heavy atom. The summed E-state index contributed by atoms with van der Waals surface area (Å²) >= 11 is 0. The summed E-state index contributed by atoms with van der Waals surface area (Å²) in [6.45, 7) is 1.96. The third-order valence-electron chi connectivity index (χ3n) is 3.69. The second kappa shape index (κ2) is 6.00. The van der Waals surface area contributed by atoms with Crippen molar-refractivity contribution in [3.63, 3.8) is 0 Å². The summed E-state index contributed by atoms with van der Waals surface area (Å²) in [4.78, 5) is 4.56. The van der Waals surface area contributed by atoms with Crippen LogP contribution in [0.3, 0.4) is 0 Å². The Kier molecular flexibility index (Phi) is 3.89. The molecule has 1 heterocycles. The lowest BCUT2D eigenvalue weighted by atomic mass is 10.1. The molecule has 6 nitrogen and oxygen atoms in total. The molecule has 0 saturated heterocycles. The van der Waals surface area contributed by atoms with Crippen molar-refractivity contribution >= 4 is 5.69 Å². The quantitative estimate of drug-likeness (QED) is 0.723. The van der Waals surface area contributed by atoms with Gasteiger partial charge in [0.25, 0.3) is 0 Å². The molecule has 0 bridgehead atoms. The van der Waals surface area contributed by atoms with Gasteiger partial charge in [-0.1, -0.05) is 18.2 Å². The van der Waals surface area contributed by atoms with E-state index in [0.717, 1.165) is 16.7 Å². The Balaban J connectivity index is 2.07. The van der Waals surface area contributed by atoms with E-state index in [2.05, 4.69) is 15.2 Å². The highest BCUT2D eigenvalue weighted by Gasteiger charge is 2.17. The fourth-order valence-corrected chi connectivity index (χ4v) is 2.37. The lowest BCUT2D eigenvalue weighted by molar-refractivity contribution is 0.397. The molecular formula is C17H18N4O2. The van der Waals surface area contributed by atoms with Crippen molar-refractivity contribution in [3.8, 4) is 34.3 Å². The molecule has 1 aromatic heterocycles. The highest BCUT2D eigenvalue weighted by molar-refractivity contribution is 5.73. The van der Waals surface area contributed by atoms with Gasteiger partial charge in [0.15, 0.2) is 11.6 Å². The Hall–Kier alpha value is -3.02. The van der Waals surface area contributed by atoms with E-state index in [-0.39, 0.29) is 0 Å². The van der Waals surface area contributed by atoms with E-state index < -0.39 is 0 Å². The summed E-state index contributed by atoms with van der Waals surface area (Å²) in [6, 6.07) is 11.3. The normalized spacial score (nSPS) is 10.6. The average Bonchev–Trinajstić information content (AvgIpc) is 3.06. The molecule has 118 valence electrons. The van der Waals surface area contributed by atoms with Crippen molar-refractivity contribution < 1.29 is 9.47 Å². The number of hydrogen-bond donors (Lipinski definition) is 2. The lowest BCUT2D eigenvalue weighted by Gasteiger charge is -2.10. The van der Waals surface area contributed by atoms with Crippen molar-refractivity contribution in [1.82, 2.24) is 15.2 Å². The summed E-state index contributed by atoms with van der Waals surface area (Å²) < 4.78 is 10.8. The maximum Gasteiger partial charge on any atom is 0.181 e. The number of nitrogens with zero attached hydrogens (tertiary/aromatic N) is 2. The van der Waals surface area contributed by atoms with E-state index in [4.69, 9.17) is 15.2 Å². The molecule has 0 spiro atoms. The number of benzene rings is 2. The fourth-order valence-electron chi connectivity index (χ4n) is 2.37. The van der Waals surface area contributed by atoms with Gasteiger partial charge < -0.3 is 15.2 Å². The van der Waals surface area contributed by atoms with Gasteiger partial charge in [-0.2, -0.15) is 5.10 Å². The van der Waals surface area contributed by atoms with Crippen LogP contribution in [0.2, 0.25) is 0 Å². The van der Waals surface area contributed by atoms with Crippen molar-refractivity contribution in [3.05, 3.63) is 42.0 Å². The van der Waals surface area contributed by atoms with Gasteiger partial charge in [0.1, 0.15) is 17.1 Å². The third-order valence-corrected chi connectivity index (χ3v) is 3.69. The van der Waals surface area contributed by atoms with Crippen LogP contribution >= 0.6 is 0 Å². The van der Waals surface area contributed by atoms with Gasteiger partial charge in [0.05, 0.1) is 14.2 Å². The molecule has 6 heteroatoms. The summed E-state index contributed by atoms with van der Waals surface area (Å²) in [5, 5.41) is 7.22. The minimum atomic E-state index is 0.569. The number of nitrogens with two attached hydrogens (primary N) is 1. The molecule has 23 heavy (non-hydrogen) atoms. The maximum atomic E-state index is 5.96. The minimum Gasteiger partial charge on any atom is -0.496 e. The zero-order chi connectivity index (χ0) is 16.4. The van der Waals surface area contributed by atoms with Crippen molar-refractivity contribution in [1.29, 1.82) is 0 Å². The highest BCUT2D eigenvalue weighted by Crippen LogP contribution is 2.36. The van der Waals surface area contributed by atoms with Gasteiger partial charge >= 0.3 is 0 Å². The van der Waals surface area contributed by atoms with Gasteiger partial charge in [-0.05, 0) is 30.7 Å². The summed E-state index contributed by atoms with van der Waals surface area (Å²) in [7, 11) is 3.21. The van der Waals surface area contributed by atoms with Gasteiger partial charge in [0, 0.05) is 11.3 Å². The smallest absolute Gasteiger partial charge is 0.181 e. The minimum absolute atomic E-state index is 0.569. The molecule has 3 N–H and O–H groups in total. The first-order valence-electron chi connectivity index (χ1n) is 7.14. The molecule has 0 radical (unpaired) electrons. The fraction of sp³-hybridized carbons (Fsp3) is 0.176. The predicted molar refractivity (Wildman–Crippen MR) is 89.5 cm³/mol. The molecule has 0 aliphatic rings. The number of hydrogen-bond acceptors (Lipinski definition) is 5. The first kappa shape index (κ1) is 14.9. The summed E-state index contributed by atoms with van der Waals surface area (Å²) in [6.07, 6.45) is 0. The largest absolute Gasteiger partial charge is 0.496 e. The lowest BCUT2D eigenvalue weighted by Crippen LogP contribution is -1.94. The molecule has 0 aliphatic heterocycles. The number of aryl methyl sites for hydroxylation is 1. The first-order chi connectivity index (χ1) is 11.1. The molecule has 0 unspecified atom stereocenters. The number of nitrogens with one attached hydrogen (secondary N) is 1. The molecule has 2 aromatic carbocycles. The van der Waals surface area contributed by atoms with E-state index in [0.29, 0.717) is 28.8 Å². The molecule has 0 aliphatic carbocycles. The summed E-state index contributed by atoms with van der Waals surface area (Å²) in [5.41, 5.74) is 9.28. The van der Waals surface area contributed by atoms with Gasteiger partial charge in [-0.15, -0.1) is 0 Å². The van der Waals surface area contributed by atoms with Gasteiger partial charge in [0.2, 0.25) is 0 Å². The number of rotatable bonds is 4. The van der Waals surface area contributed by atoms with Crippen molar-refractivity contribution in [2.24, 2.45) is 0 Å². The Morgan fingerprint density at radius 3 is 2.35 bits per heavy atom. The van der Waals surface area contributed by atoms with E-state index in [1.807, 2.05) is 43.3 Å². The molecule has 3 rings (SSSR count). The van der Waals surface area contributed by atoms with E-state index in [1.165, 1.54) is 0 Å². The number of anilines is 1. The Labute approximate surface area is 134 Å². The Morgan fingerprint density at radius 2 is 1.74 bits per heavy atom. The molecule has 0 saturated carbocycles. The van der Waals surface area contributed by atoms with Crippen LogP contribution in [0.25, 0.3) is 22.8 Å². The van der Waals surface area contributed by atoms with Crippen LogP contribution in [0.5, 0.6) is 11.5 Å². The standard InChI is InChI=1S/C17H18N4O2/c1-10-7-8-11(9-12(10)18)16-19-17(21-20-16)15-13(22-2)5-4-6-14(15)23-3/h4-9H,18H2,1-3H3,(H,19,20,21). The van der Waals surface area contributed by atoms with E-state index in [1.54, 1.807) is 14.2 Å². The second-order valence-corrected chi connectivity index (χ2v) is 5.12. The molecule has 0 fully saturated rings. The van der Waals surface area contributed by atoms with Crippen LogP contribution in [0.4, 0.5) is 5.69 Å². The zero-order valence-corrected chi connectivity index (χ0v) is 13.3. The highest BCUT2D eigenvalue weighted by atomic mass is 16.5. The molecule has 0 amide bonds. The third kappa shape index (κ3) is 2.70. The van der Waals surface area contributed by atoms with Crippen LogP contribution in [0.15, 0.2) is 36.4 Å². The van der Waals surface area contributed by atoms with Crippen molar-refractivity contribution in [2.45, 2.75) is 6.92 Å². The second-order valence-electron chi connectivity index (χ2n) is 5.12. The number of ether oxygens (including phenoxy) is 2. The van der Waals surface area contributed by atoms with Crippen LogP contribution < -0.4 is 15.2 Å². The van der Waals surface area contributed by atoms with Gasteiger partial charge in [-0.3, -0.25) is 5.10 Å². The monoisotopic (exact) mass is 310 g/mol. The first-order valence-corrected chi connectivity index (χ1v) is 7.14. The van der Waals surface area contributed by atoms with Gasteiger partial charge in [-0.25, -0.2) is 4.98 Å². The van der Waals surface area contributed by atoms with E-state index >= 15 is 0 Å². The molecular weight excluding hydrogens is 292 g/mol. The zero-order valence-electron chi connectivity index (χ0n) is 13.3. The average molecular weight is 310 g/mol. The number of aromatic amines is 1. The molecule has 0 atom stereocenters. The van der Waals surface area contributed by atoms with Crippen molar-refractivity contribution in [2.75, 3.05) is 20.0 Å². The predicted octanol–water partition coefficient (Wildman–Crippen LogP) is 3.05. The maximum absolute atomic E-state index is 5.96. The topological polar surface area (TPSA) is 86.1 Å². The molecule has 3 aromatic rings. The van der Waals surface area contributed by atoms with Crippen LogP contribution in [0.1, 0.15) is 5.56 Å². The summed E-state index contributed by atoms with van der Waals surface area (Å²) in [5.74, 6) is 2.47. The number of nitrogen functional groups attached to an aromatic ring is 1. The number of methoxy groups -OCH3 is 2. The van der Waals surface area contributed by atoms with Crippen LogP contribution in [-0.2, 0) is 0 Å². The van der Waals surface area contributed by atoms with E-state index in [9.17, 15) is 0 Å². The number of H-pyrrole nitrogens is 1. The van der Waals surface area contributed by atoms with Crippen LogP contribution in [-0.4, -0.2) is 29.4 Å². The number of aromatic nitrogens is 3. The Bertz CT molecular complexity index is 820. The SMILES string of the molecule is COc1cccc(OC)c1-c1nc(-c2ccc(C)c(N)c2)n[nH]1. The van der Waals surface area contributed by atoms with Crippen LogP contribution in [0, 0.1) is 6.92 Å².